The Morgan fingerprint density at radius 3 is 2.55 bits per heavy atom. The van der Waals surface area contributed by atoms with Crippen LogP contribution in [-0.2, 0) is 41.4 Å². The Hall–Kier alpha value is -3.69. The van der Waals surface area contributed by atoms with E-state index in [2.05, 4.69) is 10.3 Å². The first-order valence-corrected chi connectivity index (χ1v) is 9.87. The molecule has 0 saturated carbocycles. The first-order chi connectivity index (χ1) is 14.8. The van der Waals surface area contributed by atoms with E-state index in [-0.39, 0.29) is 23.8 Å². The van der Waals surface area contributed by atoms with Gasteiger partial charge >= 0.3 is 11.7 Å². The fourth-order valence-electron chi connectivity index (χ4n) is 3.26. The normalized spacial score (nSPS) is 12.0. The van der Waals surface area contributed by atoms with Gasteiger partial charge in [-0.15, -0.1) is 0 Å². The van der Waals surface area contributed by atoms with Crippen molar-refractivity contribution in [1.82, 2.24) is 24.0 Å². The fourth-order valence-corrected chi connectivity index (χ4v) is 3.26. The zero-order valence-corrected chi connectivity index (χ0v) is 17.7. The van der Waals surface area contributed by atoms with Crippen LogP contribution in [-0.4, -0.2) is 43.2 Å². The Kier molecular flexibility index (Phi) is 6.68. The molecule has 2 aromatic heterocycles. The van der Waals surface area contributed by atoms with Crippen LogP contribution in [0.4, 0.5) is 0 Å². The largest absolute Gasteiger partial charge is 0.454 e. The number of benzene rings is 1. The molecule has 0 aliphatic rings. The van der Waals surface area contributed by atoms with Crippen molar-refractivity contribution in [3.8, 4) is 0 Å². The molecule has 31 heavy (non-hydrogen) atoms. The zero-order chi connectivity index (χ0) is 22.5. The standard InChI is InChI=1S/C21H25N5O5/c1-14(9-10-15-7-5-4-6-8-15)23-16(27)12-31-17(28)11-26-13-22-19-18(26)20(29)25(3)21(30)24(19)2/h4-8,13-14H,9-12H2,1-3H3,(H,23,27)/t14-/m0/s1. The van der Waals surface area contributed by atoms with Gasteiger partial charge in [-0.1, -0.05) is 30.3 Å². The quantitative estimate of drug-likeness (QED) is 0.510. The van der Waals surface area contributed by atoms with Crippen LogP contribution in [0.5, 0.6) is 0 Å². The lowest BCUT2D eigenvalue weighted by Crippen LogP contribution is -2.38. The van der Waals surface area contributed by atoms with Crippen molar-refractivity contribution in [3.05, 3.63) is 63.1 Å². The number of aromatic nitrogens is 4. The smallest absolute Gasteiger partial charge is 0.332 e. The third-order valence-electron chi connectivity index (χ3n) is 5.00. The van der Waals surface area contributed by atoms with Gasteiger partial charge in [0.15, 0.2) is 17.8 Å². The van der Waals surface area contributed by atoms with Crippen molar-refractivity contribution in [3.63, 3.8) is 0 Å². The molecule has 1 amide bonds. The molecule has 0 bridgehead atoms. The highest BCUT2D eigenvalue weighted by Crippen LogP contribution is 2.06. The average Bonchev–Trinajstić information content (AvgIpc) is 3.17. The summed E-state index contributed by atoms with van der Waals surface area (Å²) in [6.07, 6.45) is 2.87. The molecule has 164 valence electrons. The Labute approximate surface area is 178 Å². The second kappa shape index (κ2) is 9.41. The number of amides is 1. The molecule has 10 heteroatoms. The number of imidazole rings is 1. The van der Waals surface area contributed by atoms with Gasteiger partial charge in [0.1, 0.15) is 6.54 Å². The average molecular weight is 427 g/mol. The van der Waals surface area contributed by atoms with E-state index in [1.165, 1.54) is 35.1 Å². The monoisotopic (exact) mass is 427 g/mol. The minimum atomic E-state index is -0.692. The van der Waals surface area contributed by atoms with Gasteiger partial charge in [0.05, 0.1) is 6.33 Å². The summed E-state index contributed by atoms with van der Waals surface area (Å²) >= 11 is 0. The number of esters is 1. The van der Waals surface area contributed by atoms with Gasteiger partial charge in [0.2, 0.25) is 0 Å². The summed E-state index contributed by atoms with van der Waals surface area (Å²) < 4.78 is 8.51. The highest BCUT2D eigenvalue weighted by atomic mass is 16.5. The molecule has 1 N–H and O–H groups in total. The third kappa shape index (κ3) is 5.08. The van der Waals surface area contributed by atoms with Crippen LogP contribution in [0.15, 0.2) is 46.2 Å². The summed E-state index contributed by atoms with van der Waals surface area (Å²) in [4.78, 5) is 52.6. The number of ether oxygens (including phenoxy) is 1. The van der Waals surface area contributed by atoms with Gasteiger partial charge in [-0.2, -0.15) is 0 Å². The summed E-state index contributed by atoms with van der Waals surface area (Å²) in [6.45, 7) is 1.17. The van der Waals surface area contributed by atoms with Crippen molar-refractivity contribution in [2.24, 2.45) is 14.1 Å². The van der Waals surface area contributed by atoms with Crippen LogP contribution < -0.4 is 16.6 Å². The second-order valence-electron chi connectivity index (χ2n) is 7.40. The predicted molar refractivity (Wildman–Crippen MR) is 114 cm³/mol. The van der Waals surface area contributed by atoms with E-state index in [4.69, 9.17) is 4.74 Å². The number of nitrogens with one attached hydrogen (secondary N) is 1. The van der Waals surface area contributed by atoms with Crippen LogP contribution in [0.1, 0.15) is 18.9 Å². The molecule has 10 nitrogen and oxygen atoms in total. The van der Waals surface area contributed by atoms with Crippen LogP contribution in [0, 0.1) is 0 Å². The van der Waals surface area contributed by atoms with E-state index in [1.54, 1.807) is 0 Å². The van der Waals surface area contributed by atoms with Crippen molar-refractivity contribution in [1.29, 1.82) is 0 Å². The second-order valence-corrected chi connectivity index (χ2v) is 7.40. The summed E-state index contributed by atoms with van der Waals surface area (Å²) in [5.74, 6) is -1.09. The van der Waals surface area contributed by atoms with Crippen LogP contribution in [0.3, 0.4) is 0 Å². The van der Waals surface area contributed by atoms with Crippen molar-refractivity contribution in [2.45, 2.75) is 32.4 Å². The minimum absolute atomic E-state index is 0.0756. The molecule has 2 heterocycles. The molecule has 1 aromatic carbocycles. The molecule has 3 aromatic rings. The van der Waals surface area contributed by atoms with Gasteiger partial charge in [-0.25, -0.2) is 9.78 Å². The topological polar surface area (TPSA) is 117 Å². The van der Waals surface area contributed by atoms with Crippen molar-refractivity contribution < 1.29 is 14.3 Å². The number of rotatable bonds is 8. The van der Waals surface area contributed by atoms with E-state index < -0.39 is 29.7 Å². The molecule has 0 saturated heterocycles. The Bertz CT molecular complexity index is 1210. The zero-order valence-electron chi connectivity index (χ0n) is 17.7. The molecule has 0 fully saturated rings. The first kappa shape index (κ1) is 22.0. The van der Waals surface area contributed by atoms with E-state index in [1.807, 2.05) is 37.3 Å². The number of fused-ring (bicyclic) bond motifs is 1. The molecule has 0 unspecified atom stereocenters. The number of hydrogen-bond acceptors (Lipinski definition) is 6. The van der Waals surface area contributed by atoms with E-state index in [0.29, 0.717) is 0 Å². The molecular formula is C21H25N5O5. The summed E-state index contributed by atoms with van der Waals surface area (Å²) in [5.41, 5.74) is 0.398. The number of carbonyl (C=O) groups is 2. The lowest BCUT2D eigenvalue weighted by Gasteiger charge is -2.14. The van der Waals surface area contributed by atoms with E-state index in [0.717, 1.165) is 17.4 Å². The number of aryl methyl sites for hydroxylation is 2. The molecule has 3 rings (SSSR count). The molecule has 0 aliphatic carbocycles. The molecule has 0 spiro atoms. The first-order valence-electron chi connectivity index (χ1n) is 9.87. The highest BCUT2D eigenvalue weighted by Gasteiger charge is 2.17. The van der Waals surface area contributed by atoms with Crippen molar-refractivity contribution in [2.75, 3.05) is 6.61 Å². The Balaban J connectivity index is 1.53. The fraction of sp³-hybridized carbons (Fsp3) is 0.381. The Morgan fingerprint density at radius 1 is 1.13 bits per heavy atom. The van der Waals surface area contributed by atoms with Crippen LogP contribution in [0.2, 0.25) is 0 Å². The van der Waals surface area contributed by atoms with Gasteiger partial charge in [-0.3, -0.25) is 23.5 Å². The third-order valence-corrected chi connectivity index (χ3v) is 5.00. The summed E-state index contributed by atoms with van der Waals surface area (Å²) in [5, 5.41) is 2.80. The maximum Gasteiger partial charge on any atom is 0.332 e. The van der Waals surface area contributed by atoms with E-state index >= 15 is 0 Å². The predicted octanol–water partition coefficient (Wildman–Crippen LogP) is 0.114. The highest BCUT2D eigenvalue weighted by molar-refractivity contribution is 5.81. The summed E-state index contributed by atoms with van der Waals surface area (Å²) in [7, 11) is 2.84. The van der Waals surface area contributed by atoms with Gasteiger partial charge in [0.25, 0.3) is 11.5 Å². The lowest BCUT2D eigenvalue weighted by atomic mass is 10.1. The van der Waals surface area contributed by atoms with Gasteiger partial charge in [0, 0.05) is 20.1 Å². The molecule has 0 radical (unpaired) electrons. The van der Waals surface area contributed by atoms with E-state index in [9.17, 15) is 19.2 Å². The maximum atomic E-state index is 12.4. The summed E-state index contributed by atoms with van der Waals surface area (Å²) in [6, 6.07) is 9.87. The number of nitrogens with zero attached hydrogens (tertiary/aromatic N) is 4. The van der Waals surface area contributed by atoms with Crippen molar-refractivity contribution >= 4 is 23.0 Å². The maximum absolute atomic E-state index is 12.4. The Morgan fingerprint density at radius 2 is 1.84 bits per heavy atom. The lowest BCUT2D eigenvalue weighted by molar-refractivity contribution is -0.149. The SMILES string of the molecule is C[C@@H](CCc1ccccc1)NC(=O)COC(=O)Cn1cnc2c1c(=O)n(C)c(=O)n2C. The molecular weight excluding hydrogens is 402 g/mol. The molecule has 1 atom stereocenters. The molecule has 0 aliphatic heterocycles. The minimum Gasteiger partial charge on any atom is -0.454 e. The number of carbonyl (C=O) groups excluding carboxylic acids is 2. The van der Waals surface area contributed by atoms with Gasteiger partial charge in [-0.05, 0) is 25.3 Å². The number of hydrogen-bond donors (Lipinski definition) is 1. The van der Waals surface area contributed by atoms with Gasteiger partial charge < -0.3 is 14.6 Å². The van der Waals surface area contributed by atoms with Crippen LogP contribution in [0.25, 0.3) is 11.2 Å². The van der Waals surface area contributed by atoms with Crippen LogP contribution >= 0.6 is 0 Å².